The molecule has 2 aliphatic heterocycles. The first-order chi connectivity index (χ1) is 23.2. The van der Waals surface area contributed by atoms with E-state index in [0.29, 0.717) is 22.5 Å². The van der Waals surface area contributed by atoms with E-state index in [1.54, 1.807) is 0 Å². The molecule has 6 rings (SSSR count). The summed E-state index contributed by atoms with van der Waals surface area (Å²) in [6, 6.07) is 10.6. The van der Waals surface area contributed by atoms with Gasteiger partial charge in [-0.2, -0.15) is 0 Å². The molecule has 10 N–H and O–H groups in total. The number of ether oxygens (including phenoxy) is 2. The monoisotopic (exact) mass is 706 g/mol. The second kappa shape index (κ2) is 13.3. The van der Waals surface area contributed by atoms with Crippen molar-refractivity contribution < 1.29 is 69.4 Å². The number of aliphatic hydroxyl groups is 8. The van der Waals surface area contributed by atoms with Gasteiger partial charge in [0.1, 0.15) is 81.4 Å². The third-order valence-electron chi connectivity index (χ3n) is 9.05. The largest absolute Gasteiger partial charge is 0.508 e. The number of hydrogen-bond donors (Lipinski definition) is 10. The van der Waals surface area contributed by atoms with Crippen molar-refractivity contribution in [2.24, 2.45) is 0 Å². The number of thioether (sulfide) groups is 1. The second-order valence-corrected chi connectivity index (χ2v) is 13.5. The zero-order valence-electron chi connectivity index (χ0n) is 25.4. The van der Waals surface area contributed by atoms with E-state index in [9.17, 15) is 60.7 Å². The van der Waals surface area contributed by atoms with Crippen LogP contribution in [0.4, 0.5) is 0 Å². The standard InChI is InChI=1S/C32H34O16S/c33-11-21-23(37)31(43,9-15-5-13-1-3-17(35)7-19(13)45-27(15)41)25(39)29(47-21)49-30-26(40)32(44,24(38)22(12-34)48-30)10-16-6-14-2-4-18(36)8-20(14)46-28(16)42/h1-8,21-26,29-30,33-40,43-44H,9-12H2/t21-,22-,23+,24+,25+,26+,29+,30+,31+,32+/m1/s1. The van der Waals surface area contributed by atoms with Crippen molar-refractivity contribution in [1.82, 2.24) is 0 Å². The predicted molar refractivity (Wildman–Crippen MR) is 169 cm³/mol. The van der Waals surface area contributed by atoms with E-state index in [-0.39, 0.29) is 33.8 Å². The van der Waals surface area contributed by atoms with Crippen LogP contribution >= 0.6 is 11.8 Å². The van der Waals surface area contributed by atoms with Crippen LogP contribution < -0.4 is 11.3 Å². The number of aromatic hydroxyl groups is 2. The minimum absolute atomic E-state index is 0.0350. The van der Waals surface area contributed by atoms with Crippen molar-refractivity contribution in [3.63, 3.8) is 0 Å². The van der Waals surface area contributed by atoms with Crippen LogP contribution in [0.2, 0.25) is 0 Å². The molecule has 0 bridgehead atoms. The molecule has 0 radical (unpaired) electrons. The number of benzene rings is 2. The van der Waals surface area contributed by atoms with E-state index in [1.807, 2.05) is 0 Å². The Morgan fingerprint density at radius 3 is 1.37 bits per heavy atom. The Kier molecular flexibility index (Phi) is 9.55. The van der Waals surface area contributed by atoms with Gasteiger partial charge >= 0.3 is 11.3 Å². The molecular weight excluding hydrogens is 672 g/mol. The molecule has 10 atom stereocenters. The highest BCUT2D eigenvalue weighted by Gasteiger charge is 2.59. The highest BCUT2D eigenvalue weighted by Crippen LogP contribution is 2.43. The second-order valence-electron chi connectivity index (χ2n) is 12.3. The first-order valence-corrected chi connectivity index (χ1v) is 16.0. The van der Waals surface area contributed by atoms with Gasteiger partial charge in [0.25, 0.3) is 0 Å². The molecule has 4 aromatic rings. The SMILES string of the molecule is O=c1oc2cc(O)ccc2cc1C[C@]1(O)[C@@H](O)[C@@H](CO)O[C@@H](S[C@@H]2O[C@H](CO)[C@H](O)[C@@](O)(Cc3cc4ccc(O)cc4oc3=O)[C@H]2O)[C@@H]1O. The maximum absolute atomic E-state index is 12.8. The Morgan fingerprint density at radius 2 is 1.00 bits per heavy atom. The van der Waals surface area contributed by atoms with Crippen LogP contribution in [0.1, 0.15) is 11.1 Å². The fourth-order valence-corrected chi connectivity index (χ4v) is 7.75. The normalized spacial score (nSPS) is 33.6. The molecule has 2 aromatic heterocycles. The minimum atomic E-state index is -2.58. The number of fused-ring (bicyclic) bond motifs is 2. The van der Waals surface area contributed by atoms with Gasteiger partial charge in [0.05, 0.1) is 13.2 Å². The first-order valence-electron chi connectivity index (χ1n) is 15.0. The van der Waals surface area contributed by atoms with Crippen molar-refractivity contribution >= 4 is 33.7 Å². The molecule has 0 amide bonds. The summed E-state index contributed by atoms with van der Waals surface area (Å²) in [6.07, 6.45) is -12.6. The Bertz CT molecular complexity index is 1820. The van der Waals surface area contributed by atoms with E-state index in [1.165, 1.54) is 48.5 Å². The third-order valence-corrected chi connectivity index (χ3v) is 10.3. The molecule has 2 saturated heterocycles. The Balaban J connectivity index is 1.30. The van der Waals surface area contributed by atoms with Gasteiger partial charge in [-0.05, 0) is 36.4 Å². The van der Waals surface area contributed by atoms with Crippen molar-refractivity contribution in [2.45, 2.75) is 71.5 Å². The lowest BCUT2D eigenvalue weighted by molar-refractivity contribution is -0.263. The number of phenolic OH excluding ortho intramolecular Hbond substituents is 2. The average Bonchev–Trinajstić information content (AvgIpc) is 3.06. The van der Waals surface area contributed by atoms with E-state index >= 15 is 0 Å². The van der Waals surface area contributed by atoms with E-state index in [2.05, 4.69) is 0 Å². The quantitative estimate of drug-likeness (QED) is 0.0902. The lowest BCUT2D eigenvalue weighted by Crippen LogP contribution is -2.70. The summed E-state index contributed by atoms with van der Waals surface area (Å²) in [6.45, 7) is -1.74. The fraction of sp³-hybridized carbons (Fsp3) is 0.438. The summed E-state index contributed by atoms with van der Waals surface area (Å²) in [5.41, 5.74) is -10.6. The summed E-state index contributed by atoms with van der Waals surface area (Å²) >= 11 is 0.475. The Labute approximate surface area is 279 Å². The highest BCUT2D eigenvalue weighted by atomic mass is 32.2. The molecule has 0 saturated carbocycles. The first kappa shape index (κ1) is 35.2. The molecular formula is C32H34O16S. The van der Waals surface area contributed by atoms with E-state index < -0.39 is 96.0 Å². The van der Waals surface area contributed by atoms with Crippen LogP contribution in [0.5, 0.6) is 11.5 Å². The summed E-state index contributed by atoms with van der Waals surface area (Å²) < 4.78 is 21.8. The van der Waals surface area contributed by atoms with Crippen LogP contribution in [-0.2, 0) is 22.3 Å². The molecule has 0 unspecified atom stereocenters. The molecule has 4 heterocycles. The van der Waals surface area contributed by atoms with Gasteiger partial charge in [-0.15, -0.1) is 0 Å². The Hall–Kier alpha value is -3.59. The Morgan fingerprint density at radius 1 is 0.612 bits per heavy atom. The maximum Gasteiger partial charge on any atom is 0.339 e. The van der Waals surface area contributed by atoms with Crippen LogP contribution in [0.25, 0.3) is 21.9 Å². The number of phenols is 2. The highest BCUT2D eigenvalue weighted by molar-refractivity contribution is 8.00. The summed E-state index contributed by atoms with van der Waals surface area (Å²) in [4.78, 5) is 25.6. The topological polar surface area (TPSA) is 281 Å². The molecule has 49 heavy (non-hydrogen) atoms. The smallest absolute Gasteiger partial charge is 0.339 e. The van der Waals surface area contributed by atoms with Gasteiger partial charge < -0.3 is 69.4 Å². The van der Waals surface area contributed by atoms with Gasteiger partial charge in [0, 0.05) is 46.9 Å². The van der Waals surface area contributed by atoms with Crippen molar-refractivity contribution in [2.75, 3.05) is 13.2 Å². The van der Waals surface area contributed by atoms with Crippen molar-refractivity contribution in [3.8, 4) is 11.5 Å². The molecule has 0 aliphatic carbocycles. The summed E-state index contributed by atoms with van der Waals surface area (Å²) in [7, 11) is 0. The zero-order valence-corrected chi connectivity index (χ0v) is 26.2. The van der Waals surface area contributed by atoms with Gasteiger partial charge in [-0.25, -0.2) is 9.59 Å². The molecule has 264 valence electrons. The predicted octanol–water partition coefficient (Wildman–Crippen LogP) is -1.83. The molecule has 2 aliphatic rings. The van der Waals surface area contributed by atoms with E-state index in [0.717, 1.165) is 0 Å². The third kappa shape index (κ3) is 6.32. The van der Waals surface area contributed by atoms with Crippen molar-refractivity contribution in [3.05, 3.63) is 80.5 Å². The minimum Gasteiger partial charge on any atom is -0.508 e. The average molecular weight is 707 g/mol. The maximum atomic E-state index is 12.8. The molecule has 16 nitrogen and oxygen atoms in total. The van der Waals surface area contributed by atoms with Gasteiger partial charge in [0.15, 0.2) is 0 Å². The molecule has 2 aromatic carbocycles. The lowest BCUT2D eigenvalue weighted by Gasteiger charge is -2.51. The van der Waals surface area contributed by atoms with Gasteiger partial charge in [-0.3, -0.25) is 0 Å². The molecule has 0 spiro atoms. The fourth-order valence-electron chi connectivity index (χ4n) is 6.30. The molecule has 17 heteroatoms. The zero-order chi connectivity index (χ0) is 35.4. The van der Waals surface area contributed by atoms with Gasteiger partial charge in [-0.1, -0.05) is 11.8 Å². The van der Waals surface area contributed by atoms with E-state index in [4.69, 9.17) is 18.3 Å². The summed E-state index contributed by atoms with van der Waals surface area (Å²) in [5, 5.41) is 108. The molecule has 2 fully saturated rings. The van der Waals surface area contributed by atoms with Crippen LogP contribution in [0.15, 0.2) is 67.0 Å². The van der Waals surface area contributed by atoms with Gasteiger partial charge in [0.2, 0.25) is 0 Å². The van der Waals surface area contributed by atoms with Crippen LogP contribution in [0, 0.1) is 0 Å². The van der Waals surface area contributed by atoms with Crippen LogP contribution in [-0.4, -0.2) is 123 Å². The number of aliphatic hydroxyl groups excluding tert-OH is 6. The summed E-state index contributed by atoms with van der Waals surface area (Å²) in [5.74, 6) is -0.334. The number of hydrogen-bond acceptors (Lipinski definition) is 17. The van der Waals surface area contributed by atoms with Crippen molar-refractivity contribution in [1.29, 1.82) is 0 Å². The number of rotatable bonds is 8. The van der Waals surface area contributed by atoms with Crippen LogP contribution in [0.3, 0.4) is 0 Å². The lowest BCUT2D eigenvalue weighted by atomic mass is 9.80.